The molecule has 4 N–H and O–H groups in total. The summed E-state index contributed by atoms with van der Waals surface area (Å²) >= 11 is 0. The van der Waals surface area contributed by atoms with Gasteiger partial charge in [0.25, 0.3) is 5.91 Å². The Morgan fingerprint density at radius 1 is 0.959 bits per heavy atom. The number of hydrogen-bond acceptors (Lipinski definition) is 5. The van der Waals surface area contributed by atoms with Gasteiger partial charge in [-0.15, -0.1) is 18.9 Å². The molecule has 1 fully saturated rings. The molecule has 1 saturated heterocycles. The molecule has 0 bridgehead atoms. The Kier molecular flexibility index (Phi) is 31.3. The maximum absolute atomic E-state index is 13.8. The number of rotatable bonds is 11. The summed E-state index contributed by atoms with van der Waals surface area (Å²) < 4.78 is 0. The van der Waals surface area contributed by atoms with Crippen LogP contribution in [0.2, 0.25) is 0 Å². The van der Waals surface area contributed by atoms with Gasteiger partial charge >= 0.3 is 6.03 Å². The number of terminal acetylenes is 1. The Hall–Kier alpha value is -4.13. The number of urea groups is 1. The lowest BCUT2D eigenvalue weighted by Gasteiger charge is -2.32. The molecule has 10 nitrogen and oxygen atoms in total. The predicted octanol–water partition coefficient (Wildman–Crippen LogP) is 5.98. The van der Waals surface area contributed by atoms with E-state index in [-0.39, 0.29) is 31.2 Å². The number of amides is 5. The number of Topliss-reactive ketones (excluding diaryl/α,β-unsaturated/α-hetero) is 1. The van der Waals surface area contributed by atoms with Crippen LogP contribution in [0.3, 0.4) is 0 Å². The molecule has 1 aliphatic heterocycles. The van der Waals surface area contributed by atoms with Crippen LogP contribution in [0.5, 0.6) is 0 Å². The van der Waals surface area contributed by atoms with Crippen molar-refractivity contribution in [2.24, 2.45) is 5.92 Å². The third kappa shape index (κ3) is 17.2. The molecule has 1 aromatic rings. The largest absolute Gasteiger partial charge is 0.346 e. The Bertz CT molecular complexity index is 1120. The van der Waals surface area contributed by atoms with Crippen molar-refractivity contribution >= 4 is 29.5 Å². The lowest BCUT2D eigenvalue weighted by Crippen LogP contribution is -2.58. The van der Waals surface area contributed by atoms with Gasteiger partial charge in [0.2, 0.25) is 17.6 Å². The minimum atomic E-state index is -1.12. The van der Waals surface area contributed by atoms with Gasteiger partial charge in [-0.3, -0.25) is 19.2 Å². The highest BCUT2D eigenvalue weighted by Crippen LogP contribution is 2.31. The van der Waals surface area contributed by atoms with Gasteiger partial charge in [-0.25, -0.2) is 4.79 Å². The van der Waals surface area contributed by atoms with Gasteiger partial charge in [0.1, 0.15) is 12.1 Å². The van der Waals surface area contributed by atoms with Gasteiger partial charge in [-0.2, -0.15) is 0 Å². The summed E-state index contributed by atoms with van der Waals surface area (Å²) in [6, 6.07) is 4.65. The Balaban J connectivity index is -0.00000173. The molecule has 1 aliphatic carbocycles. The second-order valence-electron chi connectivity index (χ2n) is 10.2. The molecule has 3 atom stereocenters. The molecule has 0 aromatic heterocycles. The van der Waals surface area contributed by atoms with Crippen LogP contribution in [0.4, 0.5) is 4.79 Å². The summed E-state index contributed by atoms with van der Waals surface area (Å²) in [5.41, 5.74) is 2.27. The van der Waals surface area contributed by atoms with E-state index < -0.39 is 41.8 Å². The number of carbonyl (C=O) groups is 5. The van der Waals surface area contributed by atoms with Gasteiger partial charge in [0, 0.05) is 26.6 Å². The number of nitrogens with one attached hydrogen (secondary N) is 4. The molecule has 3 unspecified atom stereocenters. The van der Waals surface area contributed by atoms with Crippen molar-refractivity contribution in [1.29, 1.82) is 0 Å². The first-order chi connectivity index (χ1) is 23.7. The van der Waals surface area contributed by atoms with Crippen molar-refractivity contribution in [2.45, 2.75) is 132 Å². The second-order valence-corrected chi connectivity index (χ2v) is 10.2. The van der Waals surface area contributed by atoms with E-state index in [2.05, 4.69) is 47.6 Å². The standard InChI is InChI=1S/C28H35N5O5.C3H8.4C2H6/c1-4-6-12-21(24(34)26(36)30-14-5-2)31-25(35)22-13-9-15-33(22)27(37)23(32-28(38)29-3)20-16-18-10-7-8-11-19(18)17-20;1-3-2;4*1-2/h1,5,7-8,10-11,20-23H,2,6,9,12-17H2,3H3,(H,30,36)(H,31,35)(H2,29,32,38);3H2,1-2H3;4*1-2H3. The molecule has 49 heavy (non-hydrogen) atoms. The predicted molar refractivity (Wildman–Crippen MR) is 203 cm³/mol. The fraction of sp³-hybridized carbons (Fsp3) is 0.615. The summed E-state index contributed by atoms with van der Waals surface area (Å²) in [6.07, 6.45) is 10.5. The van der Waals surface area contributed by atoms with E-state index in [1.54, 1.807) is 0 Å². The average molecular weight is 686 g/mol. The molecule has 1 heterocycles. The van der Waals surface area contributed by atoms with E-state index in [0.717, 1.165) is 11.1 Å². The van der Waals surface area contributed by atoms with Crippen molar-refractivity contribution in [1.82, 2.24) is 26.2 Å². The van der Waals surface area contributed by atoms with Crippen molar-refractivity contribution < 1.29 is 24.0 Å². The first kappa shape index (κ1) is 49.3. The summed E-state index contributed by atoms with van der Waals surface area (Å²) in [4.78, 5) is 65.8. The van der Waals surface area contributed by atoms with Crippen molar-refractivity contribution in [3.8, 4) is 12.3 Å². The molecular formula is C39H67N5O5. The molecule has 3 rings (SSSR count). The zero-order valence-corrected chi connectivity index (χ0v) is 32.3. The Morgan fingerprint density at radius 2 is 1.49 bits per heavy atom. The molecule has 2 aliphatic rings. The van der Waals surface area contributed by atoms with Crippen molar-refractivity contribution in [3.63, 3.8) is 0 Å². The fourth-order valence-electron chi connectivity index (χ4n) is 5.08. The van der Waals surface area contributed by atoms with Crippen LogP contribution in [0.1, 0.15) is 112 Å². The van der Waals surface area contributed by atoms with E-state index in [0.29, 0.717) is 32.2 Å². The van der Waals surface area contributed by atoms with E-state index in [1.807, 2.05) is 79.7 Å². The minimum absolute atomic E-state index is 0.0877. The Morgan fingerprint density at radius 3 is 1.96 bits per heavy atom. The number of fused-ring (bicyclic) bond motifs is 1. The highest BCUT2D eigenvalue weighted by atomic mass is 16.2. The van der Waals surface area contributed by atoms with E-state index in [4.69, 9.17) is 6.42 Å². The zero-order valence-electron chi connectivity index (χ0n) is 32.3. The van der Waals surface area contributed by atoms with Crippen LogP contribution in [0.15, 0.2) is 36.9 Å². The number of hydrogen-bond donors (Lipinski definition) is 4. The lowest BCUT2D eigenvalue weighted by molar-refractivity contribution is -0.143. The molecule has 278 valence electrons. The Labute approximate surface area is 298 Å². The van der Waals surface area contributed by atoms with E-state index in [1.165, 1.54) is 24.4 Å². The van der Waals surface area contributed by atoms with Crippen LogP contribution in [0, 0.1) is 18.3 Å². The fourth-order valence-corrected chi connectivity index (χ4v) is 5.08. The summed E-state index contributed by atoms with van der Waals surface area (Å²) in [6.45, 7) is 24.2. The number of carbonyl (C=O) groups excluding carboxylic acids is 5. The number of likely N-dealkylation sites (tertiary alicyclic amines) is 1. The van der Waals surface area contributed by atoms with Crippen LogP contribution < -0.4 is 21.3 Å². The molecule has 0 saturated carbocycles. The van der Waals surface area contributed by atoms with Crippen LogP contribution in [0.25, 0.3) is 0 Å². The SMILES string of the molecule is C#CCCC(NC(=O)C1CCCN1C(=O)C(NC(=O)NC)C1Cc2ccccc2C1)C(=O)C(=O)NCC=C.CC.CC.CC.CC.CCC. The monoisotopic (exact) mass is 686 g/mol. The first-order valence-corrected chi connectivity index (χ1v) is 18.2. The van der Waals surface area contributed by atoms with E-state index in [9.17, 15) is 24.0 Å². The van der Waals surface area contributed by atoms with Crippen LogP contribution in [-0.4, -0.2) is 72.7 Å². The molecule has 5 amide bonds. The van der Waals surface area contributed by atoms with Gasteiger partial charge in [0.05, 0.1) is 6.04 Å². The molecular weight excluding hydrogens is 618 g/mol. The molecule has 1 aromatic carbocycles. The third-order valence-corrected chi connectivity index (χ3v) is 7.01. The summed E-state index contributed by atoms with van der Waals surface area (Å²) in [7, 11) is 1.48. The molecule has 10 heteroatoms. The highest BCUT2D eigenvalue weighted by molar-refractivity contribution is 6.38. The number of nitrogens with zero attached hydrogens (tertiary/aromatic N) is 1. The zero-order chi connectivity index (χ0) is 38.4. The maximum Gasteiger partial charge on any atom is 0.315 e. The number of ketones is 1. The molecule has 0 spiro atoms. The third-order valence-electron chi connectivity index (χ3n) is 7.01. The summed E-state index contributed by atoms with van der Waals surface area (Å²) in [5.74, 6) is -0.282. The van der Waals surface area contributed by atoms with Crippen LogP contribution >= 0.6 is 0 Å². The van der Waals surface area contributed by atoms with Gasteiger partial charge in [-0.1, -0.05) is 106 Å². The van der Waals surface area contributed by atoms with E-state index >= 15 is 0 Å². The smallest absolute Gasteiger partial charge is 0.315 e. The van der Waals surface area contributed by atoms with Crippen LogP contribution in [-0.2, 0) is 32.0 Å². The minimum Gasteiger partial charge on any atom is -0.346 e. The number of benzene rings is 1. The average Bonchev–Trinajstić information content (AvgIpc) is 3.82. The van der Waals surface area contributed by atoms with Crippen molar-refractivity contribution in [2.75, 3.05) is 20.1 Å². The quantitative estimate of drug-likeness (QED) is 0.129. The molecule has 0 radical (unpaired) electrons. The first-order valence-electron chi connectivity index (χ1n) is 18.2. The topological polar surface area (TPSA) is 137 Å². The maximum atomic E-state index is 13.8. The normalized spacial score (nSPS) is 14.7. The lowest BCUT2D eigenvalue weighted by atomic mass is 9.95. The summed E-state index contributed by atoms with van der Waals surface area (Å²) in [5, 5.41) is 10.4. The van der Waals surface area contributed by atoms with Gasteiger partial charge in [0.15, 0.2) is 0 Å². The van der Waals surface area contributed by atoms with Crippen molar-refractivity contribution in [3.05, 3.63) is 48.0 Å². The highest BCUT2D eigenvalue weighted by Gasteiger charge is 2.42. The second kappa shape index (κ2) is 31.2. The van der Waals surface area contributed by atoms with Gasteiger partial charge < -0.3 is 26.2 Å². The van der Waals surface area contributed by atoms with Gasteiger partial charge in [-0.05, 0) is 49.1 Å².